The van der Waals surface area contributed by atoms with E-state index < -0.39 is 15.9 Å². The molecule has 4 rings (SSSR count). The van der Waals surface area contributed by atoms with Gasteiger partial charge in [-0.3, -0.25) is 4.79 Å². The number of hydrogen-bond acceptors (Lipinski definition) is 6. The maximum absolute atomic E-state index is 13.3. The van der Waals surface area contributed by atoms with Crippen LogP contribution in [0, 0.1) is 0 Å². The molecule has 1 aliphatic heterocycles. The average molecular weight is 623 g/mol. The van der Waals surface area contributed by atoms with Gasteiger partial charge in [0.15, 0.2) is 11.5 Å². The lowest BCUT2D eigenvalue weighted by molar-refractivity contribution is -0.121. The van der Waals surface area contributed by atoms with E-state index in [2.05, 4.69) is 42.4 Å². The Morgan fingerprint density at radius 2 is 1.71 bits per heavy atom. The Morgan fingerprint density at radius 3 is 2.43 bits per heavy atom. The molecule has 0 spiro atoms. The first kappa shape index (κ1) is 25.4. The summed E-state index contributed by atoms with van der Waals surface area (Å²) in [5.74, 6) is 0.630. The SMILES string of the molecule is O=C(CN(CCc1ccccc1)S(=O)(=O)c1ccc(Br)cc1)NN=Cc1cc2c(cc1Br)OCO2. The first-order chi connectivity index (χ1) is 16.8. The summed E-state index contributed by atoms with van der Waals surface area (Å²) < 4.78 is 39.9. The Balaban J connectivity index is 1.47. The highest BCUT2D eigenvalue weighted by molar-refractivity contribution is 9.10. The van der Waals surface area contributed by atoms with Crippen LogP contribution in [0.5, 0.6) is 11.5 Å². The predicted octanol–water partition coefficient (Wildman–Crippen LogP) is 4.32. The number of nitrogens with zero attached hydrogens (tertiary/aromatic N) is 2. The van der Waals surface area contributed by atoms with Crippen LogP contribution in [0.4, 0.5) is 0 Å². The summed E-state index contributed by atoms with van der Waals surface area (Å²) in [7, 11) is -3.91. The fourth-order valence-electron chi connectivity index (χ4n) is 3.34. The standard InChI is InChI=1S/C24H21Br2N3O5S/c25-19-6-8-20(9-7-19)35(31,32)29(11-10-17-4-2-1-3-5-17)15-24(30)28-27-14-18-12-22-23(13-21(18)26)34-16-33-22/h1-9,12-14H,10-11,15-16H2,(H,28,30). The van der Waals surface area contributed by atoms with Gasteiger partial charge in [-0.1, -0.05) is 46.3 Å². The van der Waals surface area contributed by atoms with Crippen LogP contribution in [0.25, 0.3) is 0 Å². The second kappa shape index (κ2) is 11.3. The van der Waals surface area contributed by atoms with Crippen molar-refractivity contribution in [2.75, 3.05) is 19.9 Å². The van der Waals surface area contributed by atoms with Gasteiger partial charge in [-0.25, -0.2) is 13.8 Å². The number of carbonyl (C=O) groups is 1. The quantitative estimate of drug-likeness (QED) is 0.283. The number of carbonyl (C=O) groups excluding carboxylic acids is 1. The average Bonchev–Trinajstić information content (AvgIpc) is 3.29. The molecule has 0 fully saturated rings. The zero-order valence-corrected chi connectivity index (χ0v) is 22.3. The summed E-state index contributed by atoms with van der Waals surface area (Å²) in [4.78, 5) is 12.8. The molecule has 1 aliphatic rings. The lowest BCUT2D eigenvalue weighted by Gasteiger charge is -2.21. The van der Waals surface area contributed by atoms with Crippen LogP contribution < -0.4 is 14.9 Å². The largest absolute Gasteiger partial charge is 0.454 e. The Morgan fingerprint density at radius 1 is 1.03 bits per heavy atom. The topological polar surface area (TPSA) is 97.3 Å². The van der Waals surface area contributed by atoms with E-state index in [1.165, 1.54) is 18.3 Å². The number of hydrazone groups is 1. The number of ether oxygens (including phenoxy) is 2. The van der Waals surface area contributed by atoms with Crippen molar-refractivity contribution in [2.24, 2.45) is 5.10 Å². The first-order valence-electron chi connectivity index (χ1n) is 10.5. The van der Waals surface area contributed by atoms with E-state index in [0.29, 0.717) is 28.0 Å². The lowest BCUT2D eigenvalue weighted by atomic mass is 10.1. The molecule has 35 heavy (non-hydrogen) atoms. The van der Waals surface area contributed by atoms with Gasteiger partial charge in [-0.15, -0.1) is 0 Å². The van der Waals surface area contributed by atoms with E-state index in [1.54, 1.807) is 24.3 Å². The van der Waals surface area contributed by atoms with Gasteiger partial charge in [-0.05, 0) is 64.3 Å². The molecule has 0 radical (unpaired) electrons. The molecule has 182 valence electrons. The van der Waals surface area contributed by atoms with E-state index in [1.807, 2.05) is 30.3 Å². The Hall–Kier alpha value is -2.73. The van der Waals surface area contributed by atoms with Crippen molar-refractivity contribution in [1.29, 1.82) is 0 Å². The van der Waals surface area contributed by atoms with Gasteiger partial charge in [0, 0.05) is 21.1 Å². The van der Waals surface area contributed by atoms with Gasteiger partial charge >= 0.3 is 0 Å². The molecule has 0 unspecified atom stereocenters. The van der Waals surface area contributed by atoms with Crippen LogP contribution in [0.2, 0.25) is 0 Å². The third kappa shape index (κ3) is 6.49. The van der Waals surface area contributed by atoms with Crippen molar-refractivity contribution in [3.8, 4) is 11.5 Å². The Labute approximate surface area is 220 Å². The Bertz CT molecular complexity index is 1330. The predicted molar refractivity (Wildman–Crippen MR) is 139 cm³/mol. The van der Waals surface area contributed by atoms with Crippen LogP contribution in [-0.2, 0) is 21.2 Å². The van der Waals surface area contributed by atoms with Crippen LogP contribution in [0.1, 0.15) is 11.1 Å². The number of fused-ring (bicyclic) bond motifs is 1. The van der Waals surface area contributed by atoms with Crippen LogP contribution in [0.15, 0.2) is 85.7 Å². The van der Waals surface area contributed by atoms with Crippen molar-refractivity contribution >= 4 is 54.0 Å². The van der Waals surface area contributed by atoms with Gasteiger partial charge in [-0.2, -0.15) is 9.41 Å². The molecular weight excluding hydrogens is 602 g/mol. The Kier molecular flexibility index (Phi) is 8.22. The maximum atomic E-state index is 13.3. The molecule has 1 N–H and O–H groups in total. The highest BCUT2D eigenvalue weighted by Gasteiger charge is 2.26. The van der Waals surface area contributed by atoms with Crippen LogP contribution >= 0.6 is 31.9 Å². The number of benzene rings is 3. The van der Waals surface area contributed by atoms with Crippen LogP contribution in [0.3, 0.4) is 0 Å². The summed E-state index contributed by atoms with van der Waals surface area (Å²) in [6.07, 6.45) is 1.90. The van der Waals surface area contributed by atoms with Crippen molar-refractivity contribution in [3.63, 3.8) is 0 Å². The van der Waals surface area contributed by atoms with E-state index in [9.17, 15) is 13.2 Å². The molecular formula is C24H21Br2N3O5S. The minimum atomic E-state index is -3.91. The summed E-state index contributed by atoms with van der Waals surface area (Å²) >= 11 is 6.74. The summed E-state index contributed by atoms with van der Waals surface area (Å²) in [6.45, 7) is -0.108. The molecule has 1 amide bonds. The van der Waals surface area contributed by atoms with E-state index in [4.69, 9.17) is 9.47 Å². The van der Waals surface area contributed by atoms with Gasteiger partial charge in [0.1, 0.15) is 0 Å². The van der Waals surface area contributed by atoms with Gasteiger partial charge in [0.05, 0.1) is 17.7 Å². The molecule has 3 aromatic carbocycles. The molecule has 11 heteroatoms. The third-order valence-corrected chi connectivity index (χ3v) is 8.22. The van der Waals surface area contributed by atoms with Crippen molar-refractivity contribution in [1.82, 2.24) is 9.73 Å². The molecule has 0 aliphatic carbocycles. The van der Waals surface area contributed by atoms with Gasteiger partial charge in [0.25, 0.3) is 5.91 Å². The molecule has 0 saturated heterocycles. The number of sulfonamides is 1. The number of nitrogens with one attached hydrogen (secondary N) is 1. The minimum absolute atomic E-state index is 0.106. The molecule has 0 bridgehead atoms. The number of amides is 1. The number of halogens is 2. The highest BCUT2D eigenvalue weighted by atomic mass is 79.9. The maximum Gasteiger partial charge on any atom is 0.255 e. The summed E-state index contributed by atoms with van der Waals surface area (Å²) in [6, 6.07) is 19.3. The van der Waals surface area contributed by atoms with Crippen LogP contribution in [-0.4, -0.2) is 44.7 Å². The summed E-state index contributed by atoms with van der Waals surface area (Å²) in [5.41, 5.74) is 4.04. The third-order valence-electron chi connectivity index (χ3n) is 5.15. The van der Waals surface area contributed by atoms with Crippen molar-refractivity contribution in [2.45, 2.75) is 11.3 Å². The fraction of sp³-hybridized carbons (Fsp3) is 0.167. The number of hydrogen-bond donors (Lipinski definition) is 1. The zero-order chi connectivity index (χ0) is 24.8. The highest BCUT2D eigenvalue weighted by Crippen LogP contribution is 2.36. The smallest absolute Gasteiger partial charge is 0.255 e. The molecule has 0 aromatic heterocycles. The second-order valence-electron chi connectivity index (χ2n) is 7.55. The molecule has 0 atom stereocenters. The molecule has 1 heterocycles. The summed E-state index contributed by atoms with van der Waals surface area (Å²) in [5, 5.41) is 3.99. The van der Waals surface area contributed by atoms with Crippen molar-refractivity contribution in [3.05, 3.63) is 86.8 Å². The van der Waals surface area contributed by atoms with E-state index in [-0.39, 0.29) is 24.8 Å². The van der Waals surface area contributed by atoms with Gasteiger partial charge in [0.2, 0.25) is 16.8 Å². The zero-order valence-electron chi connectivity index (χ0n) is 18.4. The molecule has 3 aromatic rings. The normalized spacial score (nSPS) is 12.9. The van der Waals surface area contributed by atoms with Crippen molar-refractivity contribution < 1.29 is 22.7 Å². The fourth-order valence-corrected chi connectivity index (χ4v) is 5.43. The van der Waals surface area contributed by atoms with E-state index >= 15 is 0 Å². The molecule has 0 saturated carbocycles. The monoisotopic (exact) mass is 621 g/mol. The second-order valence-corrected chi connectivity index (χ2v) is 11.3. The lowest BCUT2D eigenvalue weighted by Crippen LogP contribution is -2.40. The minimum Gasteiger partial charge on any atom is -0.454 e. The first-order valence-corrected chi connectivity index (χ1v) is 13.6. The number of rotatable bonds is 9. The molecule has 8 nitrogen and oxygen atoms in total. The van der Waals surface area contributed by atoms with Gasteiger partial charge < -0.3 is 9.47 Å². The van der Waals surface area contributed by atoms with E-state index in [0.717, 1.165) is 14.3 Å².